The minimum atomic E-state index is -0.247. The molecule has 1 aromatic rings. The Bertz CT molecular complexity index is 404. The molecule has 14 heavy (non-hydrogen) atoms. The molecule has 0 fully saturated rings. The van der Waals surface area contributed by atoms with E-state index in [4.69, 9.17) is 5.26 Å². The van der Waals surface area contributed by atoms with Crippen LogP contribution >= 0.6 is 0 Å². The van der Waals surface area contributed by atoms with Gasteiger partial charge in [-0.15, -0.1) is 0 Å². The molecule has 0 bridgehead atoms. The van der Waals surface area contributed by atoms with Crippen LogP contribution in [0.15, 0.2) is 18.2 Å². The first-order chi connectivity index (χ1) is 6.72. The Morgan fingerprint density at radius 2 is 2.14 bits per heavy atom. The fraction of sp³-hybridized carbons (Fsp3) is 0.182. The fourth-order valence-corrected chi connectivity index (χ4v) is 1.14. The summed E-state index contributed by atoms with van der Waals surface area (Å²) < 4.78 is 0. The summed E-state index contributed by atoms with van der Waals surface area (Å²) in [6.45, 7) is 1.74. The van der Waals surface area contributed by atoms with E-state index in [0.717, 1.165) is 11.8 Å². The van der Waals surface area contributed by atoms with E-state index < -0.39 is 0 Å². The Kier molecular flexibility index (Phi) is 3.14. The minimum absolute atomic E-state index is 0.247. The van der Waals surface area contributed by atoms with Gasteiger partial charge in [-0.1, -0.05) is 19.1 Å². The maximum absolute atomic E-state index is 10.5. The molecular weight excluding hydrogens is 178 g/mol. The fourth-order valence-electron chi connectivity index (χ4n) is 1.14. The number of aldehydes is 2. The van der Waals surface area contributed by atoms with Gasteiger partial charge in [-0.05, 0) is 11.6 Å². The molecule has 0 heterocycles. The van der Waals surface area contributed by atoms with Crippen molar-refractivity contribution in [1.29, 1.82) is 5.26 Å². The molecule has 0 radical (unpaired) electrons. The lowest BCUT2D eigenvalue weighted by atomic mass is 9.98. The second kappa shape index (κ2) is 4.33. The van der Waals surface area contributed by atoms with Crippen molar-refractivity contribution in [2.45, 2.75) is 12.8 Å². The molecule has 0 saturated carbocycles. The van der Waals surface area contributed by atoms with Gasteiger partial charge in [0.25, 0.3) is 0 Å². The van der Waals surface area contributed by atoms with Crippen LogP contribution < -0.4 is 0 Å². The summed E-state index contributed by atoms with van der Waals surface area (Å²) in [5, 5.41) is 8.73. The van der Waals surface area contributed by atoms with Crippen LogP contribution in [0.1, 0.15) is 34.3 Å². The van der Waals surface area contributed by atoms with Crippen molar-refractivity contribution in [3.8, 4) is 6.07 Å². The smallest absolute Gasteiger partial charge is 0.151 e. The Morgan fingerprint density at radius 3 is 2.64 bits per heavy atom. The predicted octanol–water partition coefficient (Wildman–Crippen LogP) is 1.67. The van der Waals surface area contributed by atoms with Gasteiger partial charge < -0.3 is 4.79 Å². The molecule has 70 valence electrons. The van der Waals surface area contributed by atoms with E-state index in [-0.39, 0.29) is 5.92 Å². The van der Waals surface area contributed by atoms with E-state index in [2.05, 4.69) is 0 Å². The molecule has 0 amide bonds. The van der Waals surface area contributed by atoms with Gasteiger partial charge in [-0.3, -0.25) is 4.79 Å². The lowest BCUT2D eigenvalue weighted by Crippen LogP contribution is -1.97. The van der Waals surface area contributed by atoms with Gasteiger partial charge in [-0.25, -0.2) is 0 Å². The summed E-state index contributed by atoms with van der Waals surface area (Å²) in [6, 6.07) is 6.73. The highest BCUT2D eigenvalue weighted by Gasteiger charge is 2.07. The second-order valence-corrected chi connectivity index (χ2v) is 3.00. The summed E-state index contributed by atoms with van der Waals surface area (Å²) in [5.41, 5.74) is 1.42. The van der Waals surface area contributed by atoms with E-state index in [1.54, 1.807) is 25.1 Å². The summed E-state index contributed by atoms with van der Waals surface area (Å²) in [5.74, 6) is -0.247. The summed E-state index contributed by atoms with van der Waals surface area (Å²) in [4.78, 5) is 21.0. The lowest BCUT2D eigenvalue weighted by molar-refractivity contribution is -0.108. The molecule has 0 saturated heterocycles. The molecule has 0 aliphatic carbocycles. The maximum Gasteiger partial charge on any atom is 0.151 e. The quantitative estimate of drug-likeness (QED) is 0.676. The van der Waals surface area contributed by atoms with Crippen LogP contribution in [-0.2, 0) is 4.79 Å². The second-order valence-electron chi connectivity index (χ2n) is 3.00. The molecule has 1 aromatic carbocycles. The van der Waals surface area contributed by atoms with Crippen molar-refractivity contribution in [3.05, 3.63) is 34.9 Å². The third kappa shape index (κ3) is 1.86. The normalized spacial score (nSPS) is 11.4. The van der Waals surface area contributed by atoms with Gasteiger partial charge in [0.15, 0.2) is 6.29 Å². The molecular formula is C11H9NO2. The average molecular weight is 187 g/mol. The number of carbonyl (C=O) groups is 2. The molecule has 1 unspecified atom stereocenters. The lowest BCUT2D eigenvalue weighted by Gasteiger charge is -2.04. The van der Waals surface area contributed by atoms with Crippen LogP contribution in [0.5, 0.6) is 0 Å². The number of rotatable bonds is 3. The number of benzene rings is 1. The van der Waals surface area contributed by atoms with Gasteiger partial charge in [-0.2, -0.15) is 5.26 Å². The zero-order valence-corrected chi connectivity index (χ0v) is 7.73. The van der Waals surface area contributed by atoms with Crippen molar-refractivity contribution in [2.75, 3.05) is 0 Å². The number of hydrogen-bond acceptors (Lipinski definition) is 3. The highest BCUT2D eigenvalue weighted by molar-refractivity contribution is 5.79. The predicted molar refractivity (Wildman–Crippen MR) is 51.0 cm³/mol. The van der Waals surface area contributed by atoms with Crippen LogP contribution in [0.4, 0.5) is 0 Å². The molecule has 3 nitrogen and oxygen atoms in total. The van der Waals surface area contributed by atoms with E-state index in [1.807, 2.05) is 6.07 Å². The van der Waals surface area contributed by atoms with E-state index in [0.29, 0.717) is 17.4 Å². The molecule has 0 aromatic heterocycles. The molecule has 0 aliphatic rings. The Balaban J connectivity index is 3.21. The Morgan fingerprint density at radius 1 is 1.43 bits per heavy atom. The molecule has 0 N–H and O–H groups in total. The van der Waals surface area contributed by atoms with Crippen LogP contribution in [0, 0.1) is 11.3 Å². The molecule has 3 heteroatoms. The minimum Gasteiger partial charge on any atom is -0.303 e. The van der Waals surface area contributed by atoms with Crippen molar-refractivity contribution in [1.82, 2.24) is 0 Å². The number of carbonyl (C=O) groups excluding carboxylic acids is 2. The Labute approximate surface area is 82.0 Å². The molecule has 0 spiro atoms. The third-order valence-electron chi connectivity index (χ3n) is 2.05. The van der Waals surface area contributed by atoms with E-state index in [9.17, 15) is 9.59 Å². The number of nitriles is 1. The van der Waals surface area contributed by atoms with Crippen LogP contribution in [-0.4, -0.2) is 12.6 Å². The maximum atomic E-state index is 10.5. The van der Waals surface area contributed by atoms with Gasteiger partial charge in [0.1, 0.15) is 6.29 Å². The monoisotopic (exact) mass is 187 g/mol. The largest absolute Gasteiger partial charge is 0.303 e. The van der Waals surface area contributed by atoms with Crippen molar-refractivity contribution < 1.29 is 9.59 Å². The summed E-state index contributed by atoms with van der Waals surface area (Å²) in [6.07, 6.45) is 1.44. The third-order valence-corrected chi connectivity index (χ3v) is 2.05. The highest BCUT2D eigenvalue weighted by Crippen LogP contribution is 2.16. The van der Waals surface area contributed by atoms with Gasteiger partial charge in [0.05, 0.1) is 11.6 Å². The zero-order valence-electron chi connectivity index (χ0n) is 7.73. The van der Waals surface area contributed by atoms with Gasteiger partial charge in [0, 0.05) is 11.5 Å². The first-order valence-electron chi connectivity index (χ1n) is 4.17. The molecule has 1 rings (SSSR count). The van der Waals surface area contributed by atoms with Gasteiger partial charge >= 0.3 is 0 Å². The molecule has 0 aliphatic heterocycles. The first-order valence-corrected chi connectivity index (χ1v) is 4.17. The first kappa shape index (κ1) is 10.1. The van der Waals surface area contributed by atoms with Crippen LogP contribution in [0.25, 0.3) is 0 Å². The highest BCUT2D eigenvalue weighted by atomic mass is 16.1. The van der Waals surface area contributed by atoms with Crippen molar-refractivity contribution >= 4 is 12.6 Å². The summed E-state index contributed by atoms with van der Waals surface area (Å²) >= 11 is 0. The van der Waals surface area contributed by atoms with Crippen LogP contribution in [0.3, 0.4) is 0 Å². The van der Waals surface area contributed by atoms with Gasteiger partial charge in [0.2, 0.25) is 0 Å². The van der Waals surface area contributed by atoms with Crippen molar-refractivity contribution in [3.63, 3.8) is 0 Å². The topological polar surface area (TPSA) is 57.9 Å². The van der Waals surface area contributed by atoms with E-state index >= 15 is 0 Å². The number of nitrogens with zero attached hydrogens (tertiary/aromatic N) is 1. The SMILES string of the molecule is CC(C=O)c1ccc(C=O)c(C#N)c1. The zero-order chi connectivity index (χ0) is 10.6. The standard InChI is InChI=1S/C11H9NO2/c1-8(6-13)9-2-3-10(7-14)11(4-9)5-12/h2-4,6-8H,1H3. The molecule has 1 atom stereocenters. The average Bonchev–Trinajstić information content (AvgIpc) is 2.26. The number of hydrogen-bond donors (Lipinski definition) is 0. The summed E-state index contributed by atoms with van der Waals surface area (Å²) in [7, 11) is 0. The van der Waals surface area contributed by atoms with Crippen molar-refractivity contribution in [2.24, 2.45) is 0 Å². The Hall–Kier alpha value is -1.95. The van der Waals surface area contributed by atoms with E-state index in [1.165, 1.54) is 0 Å². The van der Waals surface area contributed by atoms with Crippen LogP contribution in [0.2, 0.25) is 0 Å².